The number of benzene rings is 1. The van der Waals surface area contributed by atoms with Gasteiger partial charge in [-0.05, 0) is 24.1 Å². The van der Waals surface area contributed by atoms with E-state index in [0.29, 0.717) is 18.8 Å². The zero-order valence-corrected chi connectivity index (χ0v) is 13.0. The minimum Gasteiger partial charge on any atom is -0.337 e. The van der Waals surface area contributed by atoms with Gasteiger partial charge in [-0.15, -0.1) is 0 Å². The first kappa shape index (κ1) is 15.2. The summed E-state index contributed by atoms with van der Waals surface area (Å²) in [6.45, 7) is 7.70. The lowest BCUT2D eigenvalue weighted by atomic mass is 10.2. The van der Waals surface area contributed by atoms with E-state index < -0.39 is 0 Å². The average molecular weight is 296 g/mol. The maximum absolute atomic E-state index is 13.3. The zero-order chi connectivity index (χ0) is 14.8. The quantitative estimate of drug-likeness (QED) is 0.867. The molecule has 2 rings (SSSR count). The van der Waals surface area contributed by atoms with Gasteiger partial charge in [-0.3, -0.25) is 4.90 Å². The van der Waals surface area contributed by atoms with Gasteiger partial charge < -0.3 is 5.32 Å². The number of nitrogens with zero attached hydrogens (tertiary/aromatic N) is 1. The summed E-state index contributed by atoms with van der Waals surface area (Å²) in [5.74, 6) is 0.575. The van der Waals surface area contributed by atoms with Crippen molar-refractivity contribution in [3.63, 3.8) is 0 Å². The number of hydrogen-bond donors (Lipinski definition) is 1. The van der Waals surface area contributed by atoms with Gasteiger partial charge >= 0.3 is 6.03 Å². The van der Waals surface area contributed by atoms with E-state index >= 15 is 0 Å². The first-order valence-electron chi connectivity index (χ1n) is 6.84. The number of hydrogen-bond acceptors (Lipinski definition) is 2. The molecular formula is C15H21FN2OS. The first-order valence-corrected chi connectivity index (χ1v) is 7.83. The fourth-order valence-corrected chi connectivity index (χ4v) is 2.99. The van der Waals surface area contributed by atoms with Gasteiger partial charge in [0, 0.05) is 23.6 Å². The van der Waals surface area contributed by atoms with Crippen LogP contribution in [0.25, 0.3) is 0 Å². The van der Waals surface area contributed by atoms with E-state index in [1.54, 1.807) is 11.0 Å². The van der Waals surface area contributed by atoms with Gasteiger partial charge in [0.2, 0.25) is 0 Å². The Kier molecular flexibility index (Phi) is 4.58. The summed E-state index contributed by atoms with van der Waals surface area (Å²) in [6.07, 6.45) is 0.791. The van der Waals surface area contributed by atoms with Gasteiger partial charge in [-0.25, -0.2) is 9.18 Å². The van der Waals surface area contributed by atoms with E-state index in [0.717, 1.165) is 17.7 Å². The molecule has 0 saturated heterocycles. The van der Waals surface area contributed by atoms with Crippen LogP contribution in [0.3, 0.4) is 0 Å². The standard InChI is InChI=1S/C15H21FN2OS/c1-15(2,3)20-9-7-17-14(19)18-8-6-11-4-5-12(16)10-13(11)18/h4-5,10H,6-9H2,1-3H3,(H,17,19). The van der Waals surface area contributed by atoms with Crippen LogP contribution in [0, 0.1) is 5.82 Å². The van der Waals surface area contributed by atoms with E-state index in [1.807, 2.05) is 11.8 Å². The Hall–Kier alpha value is -1.23. The highest BCUT2D eigenvalue weighted by atomic mass is 32.2. The van der Waals surface area contributed by atoms with Crippen LogP contribution in [0.5, 0.6) is 0 Å². The Bertz CT molecular complexity index is 499. The van der Waals surface area contributed by atoms with Gasteiger partial charge in [-0.1, -0.05) is 26.8 Å². The fraction of sp³-hybridized carbons (Fsp3) is 0.533. The van der Waals surface area contributed by atoms with Crippen molar-refractivity contribution < 1.29 is 9.18 Å². The molecule has 110 valence electrons. The Morgan fingerprint density at radius 3 is 2.90 bits per heavy atom. The zero-order valence-electron chi connectivity index (χ0n) is 12.2. The highest BCUT2D eigenvalue weighted by Gasteiger charge is 2.24. The van der Waals surface area contributed by atoms with Crippen molar-refractivity contribution >= 4 is 23.5 Å². The number of halogens is 1. The maximum atomic E-state index is 13.3. The van der Waals surface area contributed by atoms with Crippen LogP contribution in [0.15, 0.2) is 18.2 Å². The van der Waals surface area contributed by atoms with E-state index in [1.165, 1.54) is 12.1 Å². The lowest BCUT2D eigenvalue weighted by Crippen LogP contribution is -2.40. The van der Waals surface area contributed by atoms with Gasteiger partial charge in [0.25, 0.3) is 0 Å². The lowest BCUT2D eigenvalue weighted by molar-refractivity contribution is 0.247. The van der Waals surface area contributed by atoms with Crippen molar-refractivity contribution in [1.29, 1.82) is 0 Å². The molecule has 1 heterocycles. The molecule has 0 fully saturated rings. The van der Waals surface area contributed by atoms with Crippen LogP contribution in [0.4, 0.5) is 14.9 Å². The number of nitrogens with one attached hydrogen (secondary N) is 1. The summed E-state index contributed by atoms with van der Waals surface area (Å²) >= 11 is 1.81. The van der Waals surface area contributed by atoms with Crippen LogP contribution in [-0.2, 0) is 6.42 Å². The Morgan fingerprint density at radius 2 is 2.20 bits per heavy atom. The SMILES string of the molecule is CC(C)(C)SCCNC(=O)N1CCc2ccc(F)cc21. The largest absolute Gasteiger partial charge is 0.337 e. The highest BCUT2D eigenvalue weighted by molar-refractivity contribution is 8.00. The molecule has 1 aromatic rings. The second-order valence-electron chi connectivity index (χ2n) is 5.87. The number of urea groups is 1. The Balaban J connectivity index is 1.88. The second-order valence-corrected chi connectivity index (χ2v) is 7.79. The third-order valence-electron chi connectivity index (χ3n) is 3.10. The molecule has 0 unspecified atom stereocenters. The van der Waals surface area contributed by atoms with E-state index in [2.05, 4.69) is 26.1 Å². The third kappa shape index (κ3) is 3.88. The predicted octanol–water partition coefficient (Wildman–Crippen LogP) is 3.43. The number of amides is 2. The van der Waals surface area contributed by atoms with Crippen molar-refractivity contribution in [3.05, 3.63) is 29.6 Å². The van der Waals surface area contributed by atoms with Crippen molar-refractivity contribution in [2.45, 2.75) is 31.9 Å². The van der Waals surface area contributed by atoms with E-state index in [9.17, 15) is 9.18 Å². The van der Waals surface area contributed by atoms with Crippen molar-refractivity contribution in [3.8, 4) is 0 Å². The van der Waals surface area contributed by atoms with Gasteiger partial charge in [0.05, 0.1) is 5.69 Å². The summed E-state index contributed by atoms with van der Waals surface area (Å²) in [7, 11) is 0. The number of rotatable bonds is 3. The molecule has 20 heavy (non-hydrogen) atoms. The molecule has 0 atom stereocenters. The van der Waals surface area contributed by atoms with Crippen molar-refractivity contribution in [2.75, 3.05) is 23.7 Å². The molecule has 1 N–H and O–H groups in total. The number of fused-ring (bicyclic) bond motifs is 1. The number of thioether (sulfide) groups is 1. The van der Waals surface area contributed by atoms with Crippen molar-refractivity contribution in [1.82, 2.24) is 5.32 Å². The van der Waals surface area contributed by atoms with Crippen LogP contribution < -0.4 is 10.2 Å². The van der Waals surface area contributed by atoms with Crippen LogP contribution in [0.2, 0.25) is 0 Å². The van der Waals surface area contributed by atoms with Gasteiger partial charge in [-0.2, -0.15) is 11.8 Å². The summed E-state index contributed by atoms with van der Waals surface area (Å²) in [5, 5.41) is 2.90. The van der Waals surface area contributed by atoms with E-state index in [-0.39, 0.29) is 16.6 Å². The lowest BCUT2D eigenvalue weighted by Gasteiger charge is -2.20. The van der Waals surface area contributed by atoms with Crippen LogP contribution in [0.1, 0.15) is 26.3 Å². The second kappa shape index (κ2) is 6.04. The summed E-state index contributed by atoms with van der Waals surface area (Å²) < 4.78 is 13.5. The fourth-order valence-electron chi connectivity index (χ4n) is 2.17. The minimum absolute atomic E-state index is 0.135. The smallest absolute Gasteiger partial charge is 0.321 e. The maximum Gasteiger partial charge on any atom is 0.321 e. The molecule has 1 aromatic carbocycles. The summed E-state index contributed by atoms with van der Waals surface area (Å²) in [6, 6.07) is 4.50. The summed E-state index contributed by atoms with van der Waals surface area (Å²) in [5.41, 5.74) is 1.73. The Labute approximate surface area is 123 Å². The molecule has 0 bridgehead atoms. The number of carbonyl (C=O) groups excluding carboxylic acids is 1. The van der Waals surface area contributed by atoms with Gasteiger partial charge in [0.1, 0.15) is 5.82 Å². The Morgan fingerprint density at radius 1 is 1.45 bits per heavy atom. The monoisotopic (exact) mass is 296 g/mol. The number of carbonyl (C=O) groups is 1. The highest BCUT2D eigenvalue weighted by Crippen LogP contribution is 2.28. The summed E-state index contributed by atoms with van der Waals surface area (Å²) in [4.78, 5) is 13.8. The minimum atomic E-state index is -0.299. The molecule has 2 amide bonds. The van der Waals surface area contributed by atoms with Crippen molar-refractivity contribution in [2.24, 2.45) is 0 Å². The third-order valence-corrected chi connectivity index (χ3v) is 4.38. The molecule has 5 heteroatoms. The topological polar surface area (TPSA) is 32.3 Å². The van der Waals surface area contributed by atoms with Crippen LogP contribution >= 0.6 is 11.8 Å². The molecular weight excluding hydrogens is 275 g/mol. The first-order chi connectivity index (χ1) is 9.37. The van der Waals surface area contributed by atoms with Gasteiger partial charge in [0.15, 0.2) is 0 Å². The van der Waals surface area contributed by atoms with Crippen LogP contribution in [-0.4, -0.2) is 29.6 Å². The average Bonchev–Trinajstić information content (AvgIpc) is 2.76. The number of anilines is 1. The molecule has 1 aliphatic rings. The molecule has 0 radical (unpaired) electrons. The molecule has 0 spiro atoms. The molecule has 0 saturated carbocycles. The molecule has 1 aliphatic heterocycles. The molecule has 0 aromatic heterocycles. The van der Waals surface area contributed by atoms with E-state index in [4.69, 9.17) is 0 Å². The molecule has 3 nitrogen and oxygen atoms in total. The normalized spacial score (nSPS) is 14.3. The molecule has 0 aliphatic carbocycles. The predicted molar refractivity (Wildman–Crippen MR) is 83.1 cm³/mol.